The number of aromatic nitrogens is 2. The van der Waals surface area contributed by atoms with Gasteiger partial charge in [0, 0.05) is 17.6 Å². The zero-order valence-electron chi connectivity index (χ0n) is 18.1. The number of carbonyl (C=O) groups is 2. The molecule has 1 heterocycles. The molecule has 0 saturated heterocycles. The number of aryl methyl sites for hydroxylation is 4. The van der Waals surface area contributed by atoms with E-state index in [9.17, 15) is 9.59 Å². The maximum atomic E-state index is 12.9. The van der Waals surface area contributed by atoms with Crippen LogP contribution < -0.4 is 10.6 Å². The van der Waals surface area contributed by atoms with Crippen molar-refractivity contribution in [1.82, 2.24) is 9.78 Å². The highest BCUT2D eigenvalue weighted by atomic mass is 16.2. The van der Waals surface area contributed by atoms with Crippen molar-refractivity contribution in [1.29, 1.82) is 0 Å². The van der Waals surface area contributed by atoms with Gasteiger partial charge in [-0.1, -0.05) is 43.3 Å². The second kappa shape index (κ2) is 8.95. The van der Waals surface area contributed by atoms with Gasteiger partial charge in [-0.2, -0.15) is 5.10 Å². The van der Waals surface area contributed by atoms with Gasteiger partial charge in [0.25, 0.3) is 5.91 Å². The highest BCUT2D eigenvalue weighted by molar-refractivity contribution is 6.03. The maximum Gasteiger partial charge on any atom is 0.276 e. The molecular formula is C24H28N4O2. The van der Waals surface area contributed by atoms with Gasteiger partial charge in [-0.25, -0.2) is 0 Å². The molecule has 0 saturated carbocycles. The van der Waals surface area contributed by atoms with E-state index in [4.69, 9.17) is 0 Å². The van der Waals surface area contributed by atoms with E-state index < -0.39 is 6.04 Å². The van der Waals surface area contributed by atoms with Crippen LogP contribution in [0.3, 0.4) is 0 Å². The minimum atomic E-state index is -0.509. The molecule has 0 spiro atoms. The molecule has 3 aromatic rings. The van der Waals surface area contributed by atoms with Crippen LogP contribution in [0, 0.1) is 27.7 Å². The van der Waals surface area contributed by atoms with Gasteiger partial charge >= 0.3 is 0 Å². The van der Waals surface area contributed by atoms with Crippen LogP contribution >= 0.6 is 0 Å². The van der Waals surface area contributed by atoms with Crippen molar-refractivity contribution in [2.45, 2.75) is 47.1 Å². The maximum absolute atomic E-state index is 12.9. The molecule has 0 unspecified atom stereocenters. The number of hydrogen-bond acceptors (Lipinski definition) is 3. The van der Waals surface area contributed by atoms with Crippen molar-refractivity contribution >= 4 is 23.2 Å². The summed E-state index contributed by atoms with van der Waals surface area (Å²) in [4.78, 5) is 25.6. The Bertz CT molecular complexity index is 1040. The number of rotatable bonds is 6. The number of nitrogens with one attached hydrogen (secondary N) is 2. The first-order valence-corrected chi connectivity index (χ1v) is 10.1. The van der Waals surface area contributed by atoms with E-state index in [-0.39, 0.29) is 17.5 Å². The van der Waals surface area contributed by atoms with Crippen LogP contribution in [-0.2, 0) is 4.79 Å². The van der Waals surface area contributed by atoms with E-state index in [1.807, 2.05) is 71.0 Å². The van der Waals surface area contributed by atoms with Crippen LogP contribution in [0.15, 0.2) is 48.7 Å². The summed E-state index contributed by atoms with van der Waals surface area (Å²) in [5.74, 6) is -0.448. The molecule has 2 aromatic carbocycles. The average molecular weight is 405 g/mol. The summed E-state index contributed by atoms with van der Waals surface area (Å²) < 4.78 is 1.56. The topological polar surface area (TPSA) is 76.0 Å². The van der Waals surface area contributed by atoms with Crippen molar-refractivity contribution in [3.05, 3.63) is 76.6 Å². The highest BCUT2D eigenvalue weighted by Crippen LogP contribution is 2.23. The van der Waals surface area contributed by atoms with E-state index in [0.717, 1.165) is 33.6 Å². The first kappa shape index (κ1) is 21.3. The van der Waals surface area contributed by atoms with Crippen LogP contribution in [-0.4, -0.2) is 21.6 Å². The van der Waals surface area contributed by atoms with Gasteiger partial charge in [-0.3, -0.25) is 14.3 Å². The highest BCUT2D eigenvalue weighted by Gasteiger charge is 2.22. The van der Waals surface area contributed by atoms with Crippen molar-refractivity contribution in [2.24, 2.45) is 0 Å². The lowest BCUT2D eigenvalue weighted by atomic mass is 10.1. The van der Waals surface area contributed by atoms with Crippen molar-refractivity contribution < 1.29 is 9.59 Å². The Balaban J connectivity index is 1.77. The summed E-state index contributed by atoms with van der Waals surface area (Å²) >= 11 is 0. The molecule has 6 heteroatoms. The smallest absolute Gasteiger partial charge is 0.276 e. The van der Waals surface area contributed by atoms with E-state index in [1.165, 1.54) is 0 Å². The molecule has 6 nitrogen and oxygen atoms in total. The lowest BCUT2D eigenvalue weighted by molar-refractivity contribution is -0.119. The first-order chi connectivity index (χ1) is 14.3. The summed E-state index contributed by atoms with van der Waals surface area (Å²) in [5, 5.41) is 10.3. The number of hydrogen-bond donors (Lipinski definition) is 2. The molecule has 3 rings (SSSR count). The predicted octanol–water partition coefficient (Wildman–Crippen LogP) is 4.96. The SMILES string of the molecule is CC[C@@H](C(=O)Nc1c(C)cccc1C)n1ccc(C(=O)Nc2c(C)cccc2C)n1. The van der Waals surface area contributed by atoms with Gasteiger partial charge < -0.3 is 10.6 Å². The molecule has 0 bridgehead atoms. The first-order valence-electron chi connectivity index (χ1n) is 10.1. The van der Waals surface area contributed by atoms with Crippen LogP contribution in [0.4, 0.5) is 11.4 Å². The standard InChI is InChI=1S/C24H28N4O2/c1-6-20(24(30)26-22-17(4)11-8-12-18(22)5)28-14-13-19(27-28)23(29)25-21-15(2)9-7-10-16(21)3/h7-14,20H,6H2,1-5H3,(H,25,29)(H,26,30)/t20-/m0/s1. The predicted molar refractivity (Wildman–Crippen MR) is 120 cm³/mol. The fourth-order valence-corrected chi connectivity index (χ4v) is 3.53. The van der Waals surface area contributed by atoms with E-state index in [0.29, 0.717) is 6.42 Å². The number of nitrogens with zero attached hydrogens (tertiary/aromatic N) is 2. The summed E-state index contributed by atoms with van der Waals surface area (Å²) in [6, 6.07) is 12.9. The number of para-hydroxylation sites is 2. The summed E-state index contributed by atoms with van der Waals surface area (Å²) in [6.07, 6.45) is 2.23. The van der Waals surface area contributed by atoms with Crippen LogP contribution in [0.25, 0.3) is 0 Å². The van der Waals surface area contributed by atoms with Gasteiger partial charge in [-0.15, -0.1) is 0 Å². The number of benzene rings is 2. The summed E-state index contributed by atoms with van der Waals surface area (Å²) in [6.45, 7) is 9.76. The third-order valence-electron chi connectivity index (χ3n) is 5.30. The normalized spacial score (nSPS) is 11.8. The molecule has 2 amide bonds. The molecule has 0 aliphatic rings. The second-order valence-electron chi connectivity index (χ2n) is 7.58. The van der Waals surface area contributed by atoms with E-state index in [1.54, 1.807) is 16.9 Å². The molecule has 0 fully saturated rings. The quantitative estimate of drug-likeness (QED) is 0.610. The molecule has 1 aromatic heterocycles. The lowest BCUT2D eigenvalue weighted by Gasteiger charge is -2.18. The average Bonchev–Trinajstić information content (AvgIpc) is 3.18. The van der Waals surface area contributed by atoms with Gasteiger partial charge in [0.15, 0.2) is 5.69 Å². The number of anilines is 2. The van der Waals surface area contributed by atoms with Crippen molar-refractivity contribution in [2.75, 3.05) is 10.6 Å². The second-order valence-corrected chi connectivity index (χ2v) is 7.58. The molecule has 2 N–H and O–H groups in total. The molecule has 1 atom stereocenters. The fourth-order valence-electron chi connectivity index (χ4n) is 3.53. The zero-order valence-corrected chi connectivity index (χ0v) is 18.1. The molecule has 0 radical (unpaired) electrons. The van der Waals surface area contributed by atoms with E-state index >= 15 is 0 Å². The van der Waals surface area contributed by atoms with Crippen molar-refractivity contribution in [3.8, 4) is 0 Å². The third-order valence-corrected chi connectivity index (χ3v) is 5.30. The van der Waals surface area contributed by atoms with Crippen LogP contribution in [0.5, 0.6) is 0 Å². The van der Waals surface area contributed by atoms with Gasteiger partial charge in [-0.05, 0) is 62.4 Å². The largest absolute Gasteiger partial charge is 0.324 e. The van der Waals surface area contributed by atoms with Gasteiger partial charge in [0.1, 0.15) is 6.04 Å². The molecule has 0 aliphatic carbocycles. The molecular weight excluding hydrogens is 376 g/mol. The Morgan fingerprint density at radius 3 is 1.87 bits per heavy atom. The Morgan fingerprint density at radius 1 is 0.867 bits per heavy atom. The third kappa shape index (κ3) is 4.43. The number of carbonyl (C=O) groups excluding carboxylic acids is 2. The number of amides is 2. The Morgan fingerprint density at radius 2 is 1.37 bits per heavy atom. The Hall–Kier alpha value is -3.41. The molecule has 0 aliphatic heterocycles. The summed E-state index contributed by atoms with van der Waals surface area (Å²) in [5.41, 5.74) is 5.87. The van der Waals surface area contributed by atoms with Gasteiger partial charge in [0.05, 0.1) is 0 Å². The summed E-state index contributed by atoms with van der Waals surface area (Å²) in [7, 11) is 0. The monoisotopic (exact) mass is 404 g/mol. The van der Waals surface area contributed by atoms with Crippen LogP contribution in [0.1, 0.15) is 52.1 Å². The van der Waals surface area contributed by atoms with Crippen LogP contribution in [0.2, 0.25) is 0 Å². The Kier molecular flexibility index (Phi) is 6.35. The fraction of sp³-hybridized carbons (Fsp3) is 0.292. The lowest BCUT2D eigenvalue weighted by Crippen LogP contribution is -2.27. The van der Waals surface area contributed by atoms with Crippen molar-refractivity contribution in [3.63, 3.8) is 0 Å². The minimum Gasteiger partial charge on any atom is -0.324 e. The molecule has 156 valence electrons. The molecule has 30 heavy (non-hydrogen) atoms. The zero-order chi connectivity index (χ0) is 21.8. The van der Waals surface area contributed by atoms with E-state index in [2.05, 4.69) is 15.7 Å². The minimum absolute atomic E-state index is 0.153. The van der Waals surface area contributed by atoms with Gasteiger partial charge in [0.2, 0.25) is 5.91 Å². The Labute approximate surface area is 177 Å².